The Bertz CT molecular complexity index is 312. The Morgan fingerprint density at radius 3 is 2.60 bits per heavy atom. The number of hydrogen-bond donors (Lipinski definition) is 3. The predicted molar refractivity (Wildman–Crippen MR) is 56.7 cm³/mol. The van der Waals surface area contributed by atoms with Crippen LogP contribution >= 0.6 is 0 Å². The van der Waals surface area contributed by atoms with E-state index in [9.17, 15) is 0 Å². The molecule has 1 atom stereocenters. The lowest BCUT2D eigenvalue weighted by Crippen LogP contribution is -2.33. The summed E-state index contributed by atoms with van der Waals surface area (Å²) < 4.78 is 0. The summed E-state index contributed by atoms with van der Waals surface area (Å²) in [5.74, 6) is 1.13. The molecule has 1 saturated heterocycles. The van der Waals surface area contributed by atoms with E-state index in [1.807, 2.05) is 0 Å². The third-order valence-electron chi connectivity index (χ3n) is 2.65. The minimum Gasteiger partial charge on any atom is -0.423 e. The summed E-state index contributed by atoms with van der Waals surface area (Å²) in [6.45, 7) is 1.96. The molecule has 6 heteroatoms. The second-order valence-electron chi connectivity index (χ2n) is 3.79. The molecule has 2 heterocycles. The van der Waals surface area contributed by atoms with Crippen molar-refractivity contribution in [3.63, 3.8) is 0 Å². The van der Waals surface area contributed by atoms with Gasteiger partial charge in [0.05, 0.1) is 0 Å². The smallest absolute Gasteiger partial charge is 0.423 e. The molecule has 1 fully saturated rings. The van der Waals surface area contributed by atoms with Gasteiger partial charge < -0.3 is 15.4 Å². The van der Waals surface area contributed by atoms with Crippen molar-refractivity contribution in [2.75, 3.05) is 13.1 Å². The number of aromatic nitrogens is 2. The Morgan fingerprint density at radius 1 is 1.33 bits per heavy atom. The molecule has 5 nitrogen and oxygen atoms in total. The highest BCUT2D eigenvalue weighted by atomic mass is 16.4. The van der Waals surface area contributed by atoms with E-state index in [-0.39, 0.29) is 0 Å². The summed E-state index contributed by atoms with van der Waals surface area (Å²) >= 11 is 0. The zero-order valence-electron chi connectivity index (χ0n) is 8.43. The van der Waals surface area contributed by atoms with Crippen LogP contribution in [0.5, 0.6) is 0 Å². The van der Waals surface area contributed by atoms with Crippen molar-refractivity contribution in [1.29, 1.82) is 0 Å². The third-order valence-corrected chi connectivity index (χ3v) is 2.65. The first kappa shape index (κ1) is 10.5. The van der Waals surface area contributed by atoms with Crippen molar-refractivity contribution in [3.05, 3.63) is 18.2 Å². The molecule has 1 aromatic heterocycles. The highest BCUT2D eigenvalue weighted by Gasteiger charge is 2.19. The van der Waals surface area contributed by atoms with E-state index in [4.69, 9.17) is 10.0 Å². The fraction of sp³-hybridized carbons (Fsp3) is 0.556. The first-order valence-electron chi connectivity index (χ1n) is 5.16. The lowest BCUT2D eigenvalue weighted by molar-refractivity contribution is 0.424. The van der Waals surface area contributed by atoms with Gasteiger partial charge in [-0.15, -0.1) is 0 Å². The van der Waals surface area contributed by atoms with Crippen LogP contribution in [-0.4, -0.2) is 40.2 Å². The Kier molecular flexibility index (Phi) is 3.30. The molecule has 0 saturated carbocycles. The maximum Gasteiger partial charge on any atom is 0.491 e. The summed E-state index contributed by atoms with van der Waals surface area (Å²) in [4.78, 5) is 8.30. The van der Waals surface area contributed by atoms with E-state index in [1.54, 1.807) is 0 Å². The summed E-state index contributed by atoms with van der Waals surface area (Å²) in [5, 5.41) is 21.1. The first-order valence-corrected chi connectivity index (χ1v) is 5.16. The standard InChI is InChI=1S/C9H14BN3O2/c14-10(15)8-5-12-9(13-6-8)7-2-1-3-11-4-7/h5-7,11,14-15H,1-4H2. The molecule has 0 bridgehead atoms. The fourth-order valence-corrected chi connectivity index (χ4v) is 1.76. The summed E-state index contributed by atoms with van der Waals surface area (Å²) in [6.07, 6.45) is 5.18. The molecule has 1 aliphatic rings. The second kappa shape index (κ2) is 4.70. The van der Waals surface area contributed by atoms with Gasteiger partial charge in [0.15, 0.2) is 0 Å². The van der Waals surface area contributed by atoms with Crippen LogP contribution in [0, 0.1) is 0 Å². The molecule has 15 heavy (non-hydrogen) atoms. The van der Waals surface area contributed by atoms with Gasteiger partial charge in [0.2, 0.25) is 0 Å². The number of nitrogens with zero attached hydrogens (tertiary/aromatic N) is 2. The Balaban J connectivity index is 2.08. The SMILES string of the molecule is OB(O)c1cnc(C2CCCNC2)nc1. The van der Waals surface area contributed by atoms with Crippen molar-refractivity contribution in [2.24, 2.45) is 0 Å². The first-order chi connectivity index (χ1) is 7.27. The van der Waals surface area contributed by atoms with Crippen LogP contribution < -0.4 is 10.8 Å². The largest absolute Gasteiger partial charge is 0.491 e. The van der Waals surface area contributed by atoms with Crippen molar-refractivity contribution in [3.8, 4) is 0 Å². The highest BCUT2D eigenvalue weighted by Crippen LogP contribution is 2.18. The summed E-state index contributed by atoms with van der Waals surface area (Å²) in [5.41, 5.74) is 0.336. The van der Waals surface area contributed by atoms with Gasteiger partial charge in [-0.3, -0.25) is 0 Å². The van der Waals surface area contributed by atoms with Crippen LogP contribution in [0.4, 0.5) is 0 Å². The van der Waals surface area contributed by atoms with Gasteiger partial charge in [0, 0.05) is 30.3 Å². The topological polar surface area (TPSA) is 78.3 Å². The number of rotatable bonds is 2. The van der Waals surface area contributed by atoms with Crippen LogP contribution in [0.2, 0.25) is 0 Å². The molecule has 1 aromatic rings. The average Bonchev–Trinajstić information content (AvgIpc) is 2.30. The molecule has 0 aromatic carbocycles. The van der Waals surface area contributed by atoms with Crippen molar-refractivity contribution in [2.45, 2.75) is 18.8 Å². The Morgan fingerprint density at radius 2 is 2.07 bits per heavy atom. The molecule has 2 rings (SSSR count). The minimum atomic E-state index is -1.48. The van der Waals surface area contributed by atoms with E-state index in [0.717, 1.165) is 31.8 Å². The van der Waals surface area contributed by atoms with E-state index >= 15 is 0 Å². The Hall–Kier alpha value is -0.975. The fourth-order valence-electron chi connectivity index (χ4n) is 1.76. The molecule has 3 N–H and O–H groups in total. The quantitative estimate of drug-likeness (QED) is 0.521. The van der Waals surface area contributed by atoms with Gasteiger partial charge >= 0.3 is 7.12 Å². The lowest BCUT2D eigenvalue weighted by atomic mass is 9.83. The van der Waals surface area contributed by atoms with Crippen LogP contribution in [0.15, 0.2) is 12.4 Å². The maximum atomic E-state index is 8.89. The van der Waals surface area contributed by atoms with Crippen molar-refractivity contribution in [1.82, 2.24) is 15.3 Å². The molecular formula is C9H14BN3O2. The average molecular weight is 207 g/mol. The van der Waals surface area contributed by atoms with Crippen molar-refractivity contribution < 1.29 is 10.0 Å². The van der Waals surface area contributed by atoms with Gasteiger partial charge in [-0.2, -0.15) is 0 Å². The molecule has 1 unspecified atom stereocenters. The van der Waals surface area contributed by atoms with Crippen LogP contribution in [-0.2, 0) is 0 Å². The maximum absolute atomic E-state index is 8.89. The summed E-state index contributed by atoms with van der Waals surface area (Å²) in [7, 11) is -1.48. The zero-order valence-corrected chi connectivity index (χ0v) is 8.43. The van der Waals surface area contributed by atoms with Gasteiger partial charge in [-0.1, -0.05) is 0 Å². The predicted octanol–water partition coefficient (Wildman–Crippen LogP) is -1.38. The second-order valence-corrected chi connectivity index (χ2v) is 3.79. The number of piperidine rings is 1. The molecule has 1 aliphatic heterocycles. The van der Waals surface area contributed by atoms with Gasteiger partial charge in [0.1, 0.15) is 5.82 Å². The molecule has 0 radical (unpaired) electrons. The van der Waals surface area contributed by atoms with Crippen molar-refractivity contribution >= 4 is 12.6 Å². The zero-order chi connectivity index (χ0) is 10.7. The minimum absolute atomic E-state index is 0.336. The number of nitrogens with one attached hydrogen (secondary N) is 1. The van der Waals surface area contributed by atoms with E-state index in [1.165, 1.54) is 12.4 Å². The van der Waals surface area contributed by atoms with Gasteiger partial charge in [-0.25, -0.2) is 9.97 Å². The molecule has 0 amide bonds. The van der Waals surface area contributed by atoms with Crippen LogP contribution in [0.1, 0.15) is 24.6 Å². The highest BCUT2D eigenvalue weighted by molar-refractivity contribution is 6.58. The van der Waals surface area contributed by atoms with Crippen LogP contribution in [0.3, 0.4) is 0 Å². The van der Waals surface area contributed by atoms with Gasteiger partial charge in [-0.05, 0) is 19.4 Å². The normalized spacial score (nSPS) is 21.3. The molecule has 0 aliphatic carbocycles. The molecule has 0 spiro atoms. The van der Waals surface area contributed by atoms with Crippen LogP contribution in [0.25, 0.3) is 0 Å². The van der Waals surface area contributed by atoms with E-state index in [0.29, 0.717) is 11.4 Å². The molecular weight excluding hydrogens is 193 g/mol. The van der Waals surface area contributed by atoms with Gasteiger partial charge in [0.25, 0.3) is 0 Å². The Labute approximate surface area is 88.7 Å². The third kappa shape index (κ3) is 2.53. The lowest BCUT2D eigenvalue weighted by Gasteiger charge is -2.21. The van der Waals surface area contributed by atoms with E-state index < -0.39 is 7.12 Å². The number of hydrogen-bond acceptors (Lipinski definition) is 5. The summed E-state index contributed by atoms with van der Waals surface area (Å²) in [6, 6.07) is 0. The monoisotopic (exact) mass is 207 g/mol. The molecule has 80 valence electrons. The van der Waals surface area contributed by atoms with E-state index in [2.05, 4.69) is 15.3 Å².